The highest BCUT2D eigenvalue weighted by atomic mass is 16.5. The molecule has 0 spiro atoms. The number of methoxy groups -OCH3 is 1. The summed E-state index contributed by atoms with van der Waals surface area (Å²) in [6.45, 7) is 4.74. The zero-order chi connectivity index (χ0) is 13.9. The molecule has 0 amide bonds. The predicted octanol–water partition coefficient (Wildman–Crippen LogP) is 2.35. The number of aliphatic hydroxyl groups excluding tert-OH is 1. The van der Waals surface area contributed by atoms with Gasteiger partial charge >= 0.3 is 0 Å². The predicted molar refractivity (Wildman–Crippen MR) is 76.8 cm³/mol. The minimum atomic E-state index is 0.255. The Hall–Kier alpha value is -1.26. The van der Waals surface area contributed by atoms with Gasteiger partial charge in [0.05, 0.1) is 13.7 Å². The van der Waals surface area contributed by atoms with Crippen molar-refractivity contribution < 1.29 is 14.6 Å². The summed E-state index contributed by atoms with van der Waals surface area (Å²) in [4.78, 5) is 0. The van der Waals surface area contributed by atoms with Crippen LogP contribution in [0.4, 0.5) is 0 Å². The van der Waals surface area contributed by atoms with Crippen LogP contribution in [0.15, 0.2) is 18.2 Å². The molecule has 0 saturated carbocycles. The first-order valence-electron chi connectivity index (χ1n) is 6.93. The number of unbranched alkanes of at least 4 members (excludes halogenated alkanes) is 2. The van der Waals surface area contributed by atoms with Crippen LogP contribution in [-0.2, 0) is 6.54 Å². The minimum absolute atomic E-state index is 0.255. The van der Waals surface area contributed by atoms with Crippen molar-refractivity contribution in [3.8, 4) is 11.5 Å². The molecule has 108 valence electrons. The molecule has 0 aliphatic heterocycles. The van der Waals surface area contributed by atoms with Crippen LogP contribution in [0.25, 0.3) is 0 Å². The molecular weight excluding hydrogens is 242 g/mol. The lowest BCUT2D eigenvalue weighted by atomic mass is 10.2. The molecule has 0 unspecified atom stereocenters. The molecule has 4 nitrogen and oxygen atoms in total. The Morgan fingerprint density at radius 3 is 2.74 bits per heavy atom. The molecule has 0 bridgehead atoms. The summed E-state index contributed by atoms with van der Waals surface area (Å²) in [5.41, 5.74) is 1.14. The second-order valence-corrected chi connectivity index (χ2v) is 4.39. The lowest BCUT2D eigenvalue weighted by molar-refractivity contribution is 0.264. The van der Waals surface area contributed by atoms with Crippen molar-refractivity contribution in [1.82, 2.24) is 5.32 Å². The van der Waals surface area contributed by atoms with E-state index in [1.54, 1.807) is 7.11 Å². The summed E-state index contributed by atoms with van der Waals surface area (Å²) >= 11 is 0. The zero-order valence-electron chi connectivity index (χ0n) is 11.9. The molecule has 1 aromatic rings. The average molecular weight is 267 g/mol. The Bertz CT molecular complexity index is 355. The summed E-state index contributed by atoms with van der Waals surface area (Å²) in [5.74, 6) is 1.69. The molecule has 0 atom stereocenters. The maximum absolute atomic E-state index is 8.73. The third kappa shape index (κ3) is 5.94. The molecule has 19 heavy (non-hydrogen) atoms. The standard InChI is InChI=1S/C15H25NO3/c1-3-16-12-13-7-8-14(18-2)11-15(13)19-10-6-4-5-9-17/h7-8,11,16-17H,3-6,9-10,12H2,1-2H3. The van der Waals surface area contributed by atoms with E-state index in [1.807, 2.05) is 18.2 Å². The zero-order valence-corrected chi connectivity index (χ0v) is 11.9. The second-order valence-electron chi connectivity index (χ2n) is 4.39. The van der Waals surface area contributed by atoms with E-state index in [4.69, 9.17) is 14.6 Å². The molecular formula is C15H25NO3. The third-order valence-electron chi connectivity index (χ3n) is 2.90. The van der Waals surface area contributed by atoms with E-state index in [1.165, 1.54) is 0 Å². The van der Waals surface area contributed by atoms with Gasteiger partial charge in [0.2, 0.25) is 0 Å². The summed E-state index contributed by atoms with van der Waals surface area (Å²) in [5, 5.41) is 12.0. The van der Waals surface area contributed by atoms with E-state index in [2.05, 4.69) is 12.2 Å². The topological polar surface area (TPSA) is 50.7 Å². The quantitative estimate of drug-likeness (QED) is 0.639. The van der Waals surface area contributed by atoms with Crippen molar-refractivity contribution in [1.29, 1.82) is 0 Å². The van der Waals surface area contributed by atoms with Gasteiger partial charge in [0, 0.05) is 24.8 Å². The SMILES string of the molecule is CCNCc1ccc(OC)cc1OCCCCCO. The maximum atomic E-state index is 8.73. The molecule has 4 heteroatoms. The normalized spacial score (nSPS) is 10.5. The van der Waals surface area contributed by atoms with Crippen LogP contribution in [0.5, 0.6) is 11.5 Å². The molecule has 0 aliphatic rings. The van der Waals surface area contributed by atoms with Gasteiger partial charge in [-0.05, 0) is 31.9 Å². The Balaban J connectivity index is 2.55. The summed E-state index contributed by atoms with van der Waals surface area (Å²) < 4.78 is 11.0. The van der Waals surface area contributed by atoms with Crippen LogP contribution < -0.4 is 14.8 Å². The number of benzene rings is 1. The van der Waals surface area contributed by atoms with Crippen LogP contribution in [0.2, 0.25) is 0 Å². The van der Waals surface area contributed by atoms with Gasteiger partial charge in [-0.1, -0.05) is 13.0 Å². The Morgan fingerprint density at radius 1 is 1.21 bits per heavy atom. The number of aliphatic hydroxyl groups is 1. The average Bonchev–Trinajstić information content (AvgIpc) is 2.45. The lowest BCUT2D eigenvalue weighted by Crippen LogP contribution is -2.13. The van der Waals surface area contributed by atoms with Gasteiger partial charge < -0.3 is 19.9 Å². The summed E-state index contributed by atoms with van der Waals surface area (Å²) in [7, 11) is 1.66. The maximum Gasteiger partial charge on any atom is 0.127 e. The second kappa shape index (κ2) is 9.64. The molecule has 0 heterocycles. The number of ether oxygens (including phenoxy) is 2. The van der Waals surface area contributed by atoms with Crippen molar-refractivity contribution in [2.45, 2.75) is 32.7 Å². The Kier molecular flexibility index (Phi) is 8.02. The third-order valence-corrected chi connectivity index (χ3v) is 2.90. The fraction of sp³-hybridized carbons (Fsp3) is 0.600. The number of hydrogen-bond donors (Lipinski definition) is 2. The first-order valence-corrected chi connectivity index (χ1v) is 6.93. The molecule has 0 aliphatic carbocycles. The van der Waals surface area contributed by atoms with E-state index in [9.17, 15) is 0 Å². The fourth-order valence-electron chi connectivity index (χ4n) is 1.77. The monoisotopic (exact) mass is 267 g/mol. The number of nitrogens with one attached hydrogen (secondary N) is 1. The van der Waals surface area contributed by atoms with E-state index in [0.717, 1.165) is 49.4 Å². The molecule has 0 radical (unpaired) electrons. The van der Waals surface area contributed by atoms with Crippen molar-refractivity contribution in [2.24, 2.45) is 0 Å². The van der Waals surface area contributed by atoms with Gasteiger partial charge in [0.25, 0.3) is 0 Å². The summed E-state index contributed by atoms with van der Waals surface area (Å²) in [6.07, 6.45) is 2.78. The Labute approximate surface area is 115 Å². The van der Waals surface area contributed by atoms with Gasteiger partial charge in [0.15, 0.2) is 0 Å². The van der Waals surface area contributed by atoms with Crippen molar-refractivity contribution in [3.05, 3.63) is 23.8 Å². The van der Waals surface area contributed by atoms with Crippen molar-refractivity contribution in [2.75, 3.05) is 26.9 Å². The molecule has 2 N–H and O–H groups in total. The largest absolute Gasteiger partial charge is 0.497 e. The number of hydrogen-bond acceptors (Lipinski definition) is 4. The van der Waals surface area contributed by atoms with Gasteiger partial charge in [-0.25, -0.2) is 0 Å². The van der Waals surface area contributed by atoms with Crippen molar-refractivity contribution in [3.63, 3.8) is 0 Å². The summed E-state index contributed by atoms with van der Waals surface area (Å²) in [6, 6.07) is 5.91. The van der Waals surface area contributed by atoms with E-state index in [0.29, 0.717) is 6.61 Å². The molecule has 0 saturated heterocycles. The highest BCUT2D eigenvalue weighted by Crippen LogP contribution is 2.25. The Morgan fingerprint density at radius 2 is 2.05 bits per heavy atom. The molecule has 1 aromatic carbocycles. The van der Waals surface area contributed by atoms with Gasteiger partial charge in [-0.15, -0.1) is 0 Å². The highest BCUT2D eigenvalue weighted by Gasteiger charge is 2.05. The lowest BCUT2D eigenvalue weighted by Gasteiger charge is -2.13. The smallest absolute Gasteiger partial charge is 0.127 e. The fourth-order valence-corrected chi connectivity index (χ4v) is 1.77. The first-order chi connectivity index (χ1) is 9.31. The number of rotatable bonds is 10. The van der Waals surface area contributed by atoms with Crippen LogP contribution in [0.3, 0.4) is 0 Å². The van der Waals surface area contributed by atoms with Crippen LogP contribution >= 0.6 is 0 Å². The van der Waals surface area contributed by atoms with E-state index < -0.39 is 0 Å². The first kappa shape index (κ1) is 15.8. The van der Waals surface area contributed by atoms with Gasteiger partial charge in [-0.3, -0.25) is 0 Å². The molecule has 0 aromatic heterocycles. The van der Waals surface area contributed by atoms with Crippen LogP contribution in [0, 0.1) is 0 Å². The van der Waals surface area contributed by atoms with E-state index >= 15 is 0 Å². The van der Waals surface area contributed by atoms with E-state index in [-0.39, 0.29) is 6.61 Å². The minimum Gasteiger partial charge on any atom is -0.497 e. The van der Waals surface area contributed by atoms with Crippen LogP contribution in [0.1, 0.15) is 31.7 Å². The van der Waals surface area contributed by atoms with Crippen molar-refractivity contribution >= 4 is 0 Å². The van der Waals surface area contributed by atoms with Gasteiger partial charge in [0.1, 0.15) is 11.5 Å². The molecule has 1 rings (SSSR count). The molecule has 0 fully saturated rings. The van der Waals surface area contributed by atoms with Crippen LogP contribution in [-0.4, -0.2) is 32.0 Å². The highest BCUT2D eigenvalue weighted by molar-refractivity contribution is 5.40. The van der Waals surface area contributed by atoms with Gasteiger partial charge in [-0.2, -0.15) is 0 Å².